The van der Waals surface area contributed by atoms with E-state index in [1.165, 1.54) is 29.5 Å². The Kier molecular flexibility index (Phi) is 5.95. The van der Waals surface area contributed by atoms with Crippen molar-refractivity contribution in [2.24, 2.45) is 7.05 Å². The van der Waals surface area contributed by atoms with Gasteiger partial charge in [-0.05, 0) is 74.9 Å². The highest BCUT2D eigenvalue weighted by atomic mass is 35.5. The standard InChI is InChI=1S/C26H27ClFN5O/c1-31(25-21(15-29)26(34)32(2)22-13-14-23(27)30-24(22)25)17-7-9-19(10-8-17)33(20-11-12-20)18-5-3-16(28)4-6-18/h3-6,13-14,17,19-20H,7-12H2,1-2H3/t17-,19-. The van der Waals surface area contributed by atoms with E-state index in [1.807, 2.05) is 19.2 Å². The molecule has 176 valence electrons. The Balaban J connectivity index is 1.42. The molecule has 2 aromatic heterocycles. The number of anilines is 2. The smallest absolute Gasteiger partial charge is 0.270 e. The first-order valence-corrected chi connectivity index (χ1v) is 12.1. The first-order valence-electron chi connectivity index (χ1n) is 11.7. The van der Waals surface area contributed by atoms with Crippen LogP contribution in [0.5, 0.6) is 0 Å². The van der Waals surface area contributed by atoms with E-state index >= 15 is 0 Å². The van der Waals surface area contributed by atoms with Crippen LogP contribution in [0.25, 0.3) is 11.0 Å². The number of aryl methyl sites for hydroxylation is 1. The average Bonchev–Trinajstić information content (AvgIpc) is 3.67. The van der Waals surface area contributed by atoms with Gasteiger partial charge >= 0.3 is 0 Å². The van der Waals surface area contributed by atoms with Crippen LogP contribution in [0, 0.1) is 17.1 Å². The van der Waals surface area contributed by atoms with E-state index in [2.05, 4.69) is 20.9 Å². The number of nitriles is 1. The van der Waals surface area contributed by atoms with Crippen molar-refractivity contribution in [3.63, 3.8) is 0 Å². The SMILES string of the molecule is Cn1c(=O)c(C#N)c(N(C)[C@H]2CC[C@H](N(c3ccc(F)cc3)C3CC3)CC2)c2nc(Cl)ccc21. The van der Waals surface area contributed by atoms with Crippen LogP contribution in [0.4, 0.5) is 15.8 Å². The lowest BCUT2D eigenvalue weighted by Crippen LogP contribution is -2.44. The lowest BCUT2D eigenvalue weighted by atomic mass is 9.88. The number of hydrogen-bond acceptors (Lipinski definition) is 5. The maximum Gasteiger partial charge on any atom is 0.270 e. The van der Waals surface area contributed by atoms with Crippen LogP contribution in [0.2, 0.25) is 5.15 Å². The molecule has 0 saturated heterocycles. The lowest BCUT2D eigenvalue weighted by molar-refractivity contribution is 0.366. The van der Waals surface area contributed by atoms with Gasteiger partial charge in [-0.15, -0.1) is 0 Å². The van der Waals surface area contributed by atoms with E-state index in [0.717, 1.165) is 31.4 Å². The first kappa shape index (κ1) is 22.7. The largest absolute Gasteiger partial charge is 0.369 e. The highest BCUT2D eigenvalue weighted by Crippen LogP contribution is 2.39. The van der Waals surface area contributed by atoms with Crippen LogP contribution in [-0.4, -0.2) is 34.7 Å². The molecule has 2 heterocycles. The quantitative estimate of drug-likeness (QED) is 0.481. The van der Waals surface area contributed by atoms with E-state index < -0.39 is 0 Å². The normalized spacial score (nSPS) is 20.2. The molecule has 0 aliphatic heterocycles. The number of aromatic nitrogens is 2. The van der Waals surface area contributed by atoms with E-state index in [1.54, 1.807) is 19.2 Å². The molecule has 0 atom stereocenters. The van der Waals surface area contributed by atoms with E-state index in [0.29, 0.717) is 34.0 Å². The fourth-order valence-electron chi connectivity index (χ4n) is 5.41. The van der Waals surface area contributed by atoms with Crippen LogP contribution >= 0.6 is 11.6 Å². The minimum Gasteiger partial charge on any atom is -0.369 e. The van der Waals surface area contributed by atoms with Gasteiger partial charge in [-0.3, -0.25) is 4.79 Å². The predicted octanol–water partition coefficient (Wildman–Crippen LogP) is 5.01. The molecule has 2 fully saturated rings. The van der Waals surface area contributed by atoms with Gasteiger partial charge in [-0.2, -0.15) is 5.26 Å². The molecule has 8 heteroatoms. The third-order valence-electron chi connectivity index (χ3n) is 7.32. The van der Waals surface area contributed by atoms with Crippen LogP contribution in [0.1, 0.15) is 44.1 Å². The van der Waals surface area contributed by atoms with Gasteiger partial charge in [-0.25, -0.2) is 9.37 Å². The number of hydrogen-bond donors (Lipinski definition) is 0. The van der Waals surface area contributed by atoms with Crippen LogP contribution in [-0.2, 0) is 7.05 Å². The van der Waals surface area contributed by atoms with Crippen molar-refractivity contribution in [3.8, 4) is 6.07 Å². The van der Waals surface area contributed by atoms with Crippen molar-refractivity contribution in [1.29, 1.82) is 5.26 Å². The summed E-state index contributed by atoms with van der Waals surface area (Å²) >= 11 is 6.20. The summed E-state index contributed by atoms with van der Waals surface area (Å²) in [6.45, 7) is 0. The number of halogens is 2. The van der Waals surface area contributed by atoms with Gasteiger partial charge in [0.05, 0.1) is 11.2 Å². The molecule has 2 aliphatic rings. The molecular formula is C26H27ClFN5O. The Morgan fingerprint density at radius 2 is 1.62 bits per heavy atom. The number of benzene rings is 1. The summed E-state index contributed by atoms with van der Waals surface area (Å²) in [6, 6.07) is 13.5. The Morgan fingerprint density at radius 1 is 1.03 bits per heavy atom. The molecule has 1 aromatic carbocycles. The zero-order chi connectivity index (χ0) is 24.0. The first-order chi connectivity index (χ1) is 16.4. The molecule has 3 aromatic rings. The van der Waals surface area contributed by atoms with Gasteiger partial charge in [0.1, 0.15) is 28.1 Å². The van der Waals surface area contributed by atoms with Gasteiger partial charge in [0, 0.05) is 37.9 Å². The van der Waals surface area contributed by atoms with Crippen LogP contribution < -0.4 is 15.4 Å². The van der Waals surface area contributed by atoms with Gasteiger partial charge in [0.25, 0.3) is 5.56 Å². The van der Waals surface area contributed by atoms with Gasteiger partial charge in [-0.1, -0.05) is 11.6 Å². The topological polar surface area (TPSA) is 65.2 Å². The molecule has 0 amide bonds. The fraction of sp³-hybridized carbons (Fsp3) is 0.423. The number of nitrogens with zero attached hydrogens (tertiary/aromatic N) is 5. The van der Waals surface area contributed by atoms with Crippen LogP contribution in [0.15, 0.2) is 41.2 Å². The van der Waals surface area contributed by atoms with Crippen molar-refractivity contribution in [3.05, 3.63) is 63.3 Å². The monoisotopic (exact) mass is 479 g/mol. The van der Waals surface area contributed by atoms with Crippen LogP contribution in [0.3, 0.4) is 0 Å². The van der Waals surface area contributed by atoms with Crippen molar-refractivity contribution in [2.45, 2.75) is 56.7 Å². The molecular weight excluding hydrogens is 453 g/mol. The second-order valence-corrected chi connectivity index (χ2v) is 9.78. The third kappa shape index (κ3) is 4.01. The minimum atomic E-state index is -0.328. The minimum absolute atomic E-state index is 0.0975. The molecule has 0 N–H and O–H groups in total. The maximum atomic E-state index is 13.5. The fourth-order valence-corrected chi connectivity index (χ4v) is 5.55. The van der Waals surface area contributed by atoms with Crippen molar-refractivity contribution < 1.29 is 4.39 Å². The summed E-state index contributed by atoms with van der Waals surface area (Å²) in [4.78, 5) is 22.0. The summed E-state index contributed by atoms with van der Waals surface area (Å²) in [5, 5.41) is 10.2. The highest BCUT2D eigenvalue weighted by Gasteiger charge is 2.37. The summed E-state index contributed by atoms with van der Waals surface area (Å²) in [5.74, 6) is -0.215. The molecule has 2 aliphatic carbocycles. The zero-order valence-corrected chi connectivity index (χ0v) is 20.1. The predicted molar refractivity (Wildman–Crippen MR) is 133 cm³/mol. The highest BCUT2D eigenvalue weighted by molar-refractivity contribution is 6.29. The third-order valence-corrected chi connectivity index (χ3v) is 7.53. The zero-order valence-electron chi connectivity index (χ0n) is 19.3. The number of rotatable bonds is 5. The average molecular weight is 480 g/mol. The summed E-state index contributed by atoms with van der Waals surface area (Å²) in [7, 11) is 3.60. The van der Waals surface area contributed by atoms with Gasteiger partial charge in [0.15, 0.2) is 0 Å². The van der Waals surface area contributed by atoms with Gasteiger partial charge < -0.3 is 14.4 Å². The Labute approximate surface area is 203 Å². The molecule has 0 unspecified atom stereocenters. The van der Waals surface area contributed by atoms with Crippen molar-refractivity contribution in [1.82, 2.24) is 9.55 Å². The second kappa shape index (κ2) is 8.92. The lowest BCUT2D eigenvalue weighted by Gasteiger charge is -2.42. The molecule has 6 nitrogen and oxygen atoms in total. The van der Waals surface area contributed by atoms with E-state index in [-0.39, 0.29) is 23.0 Å². The molecule has 5 rings (SSSR count). The molecule has 2 saturated carbocycles. The summed E-state index contributed by atoms with van der Waals surface area (Å²) in [5.41, 5.74) is 2.64. The molecule has 34 heavy (non-hydrogen) atoms. The van der Waals surface area contributed by atoms with Crippen molar-refractivity contribution >= 4 is 34.0 Å². The van der Waals surface area contributed by atoms with E-state index in [4.69, 9.17) is 11.6 Å². The van der Waals surface area contributed by atoms with E-state index in [9.17, 15) is 14.4 Å². The maximum absolute atomic E-state index is 13.5. The summed E-state index contributed by atoms with van der Waals surface area (Å²) < 4.78 is 14.9. The summed E-state index contributed by atoms with van der Waals surface area (Å²) in [6.07, 6.45) is 6.17. The Morgan fingerprint density at radius 3 is 2.21 bits per heavy atom. The van der Waals surface area contributed by atoms with Gasteiger partial charge in [0.2, 0.25) is 0 Å². The second-order valence-electron chi connectivity index (χ2n) is 9.39. The van der Waals surface area contributed by atoms with Crippen molar-refractivity contribution in [2.75, 3.05) is 16.8 Å². The Bertz CT molecular complexity index is 1320. The molecule has 0 spiro atoms. The number of fused-ring (bicyclic) bond motifs is 1. The molecule has 0 radical (unpaired) electrons. The molecule has 0 bridgehead atoms. The Hall–Kier alpha value is -3.11. The number of pyridine rings is 2.